The number of hydrogen-bond acceptors (Lipinski definition) is 3. The van der Waals surface area contributed by atoms with Crippen molar-refractivity contribution < 1.29 is 14.7 Å². The van der Waals surface area contributed by atoms with Gasteiger partial charge in [-0.25, -0.2) is 4.79 Å². The fourth-order valence-electron chi connectivity index (χ4n) is 1.62. The van der Waals surface area contributed by atoms with Crippen molar-refractivity contribution in [1.82, 2.24) is 20.4 Å². The zero-order chi connectivity index (χ0) is 14.4. The predicted molar refractivity (Wildman–Crippen MR) is 69.6 cm³/mol. The van der Waals surface area contributed by atoms with E-state index in [4.69, 9.17) is 5.11 Å². The van der Waals surface area contributed by atoms with E-state index in [0.717, 1.165) is 5.56 Å². The molecule has 1 heterocycles. The van der Waals surface area contributed by atoms with Crippen molar-refractivity contribution in [3.05, 3.63) is 18.0 Å². The Kier molecular flexibility index (Phi) is 5.35. The third-order valence-electron chi connectivity index (χ3n) is 2.94. The highest BCUT2D eigenvalue weighted by molar-refractivity contribution is 5.76. The topological polar surface area (TPSA) is 98.3 Å². The standard InChI is InChI=1S/C12H20N4O3/c1-4-16(7-8(2)11(17)18)12(19)15-9(3)10-5-13-14-6-10/h5-6,8-9H,4,7H2,1-3H3,(H,13,14)(H,15,19)(H,17,18). The van der Waals surface area contributed by atoms with E-state index >= 15 is 0 Å². The molecule has 1 aromatic rings. The number of carbonyl (C=O) groups excluding carboxylic acids is 1. The highest BCUT2D eigenvalue weighted by Crippen LogP contribution is 2.10. The lowest BCUT2D eigenvalue weighted by Gasteiger charge is -2.25. The number of amides is 2. The zero-order valence-corrected chi connectivity index (χ0v) is 11.4. The summed E-state index contributed by atoms with van der Waals surface area (Å²) in [6, 6.07) is -0.454. The minimum Gasteiger partial charge on any atom is -0.481 e. The molecule has 106 valence electrons. The molecular weight excluding hydrogens is 248 g/mol. The molecule has 7 heteroatoms. The van der Waals surface area contributed by atoms with Crippen molar-refractivity contribution in [2.24, 2.45) is 5.92 Å². The van der Waals surface area contributed by atoms with Gasteiger partial charge in [0.05, 0.1) is 18.2 Å². The van der Waals surface area contributed by atoms with Gasteiger partial charge in [0.1, 0.15) is 0 Å². The van der Waals surface area contributed by atoms with Gasteiger partial charge in [0.25, 0.3) is 0 Å². The SMILES string of the molecule is CCN(CC(C)C(=O)O)C(=O)NC(C)c1cn[nH]c1. The molecule has 1 aromatic heterocycles. The Hall–Kier alpha value is -2.05. The molecule has 3 N–H and O–H groups in total. The van der Waals surface area contributed by atoms with Crippen LogP contribution in [0.2, 0.25) is 0 Å². The molecule has 0 radical (unpaired) electrons. The van der Waals surface area contributed by atoms with Gasteiger partial charge in [-0.1, -0.05) is 6.92 Å². The van der Waals surface area contributed by atoms with E-state index in [9.17, 15) is 9.59 Å². The smallest absolute Gasteiger partial charge is 0.317 e. The quantitative estimate of drug-likeness (QED) is 0.722. The second kappa shape index (κ2) is 6.77. The summed E-state index contributed by atoms with van der Waals surface area (Å²) < 4.78 is 0. The molecule has 0 bridgehead atoms. The maximum Gasteiger partial charge on any atom is 0.317 e. The Morgan fingerprint density at radius 2 is 2.21 bits per heavy atom. The van der Waals surface area contributed by atoms with E-state index in [1.165, 1.54) is 4.90 Å². The van der Waals surface area contributed by atoms with Gasteiger partial charge in [-0.15, -0.1) is 0 Å². The van der Waals surface area contributed by atoms with E-state index < -0.39 is 11.9 Å². The predicted octanol–water partition coefficient (Wildman–Crippen LogP) is 1.22. The fraction of sp³-hybridized carbons (Fsp3) is 0.583. The van der Waals surface area contributed by atoms with Crippen molar-refractivity contribution in [2.45, 2.75) is 26.8 Å². The Labute approximate surface area is 112 Å². The zero-order valence-electron chi connectivity index (χ0n) is 11.4. The summed E-state index contributed by atoms with van der Waals surface area (Å²) in [4.78, 5) is 24.3. The minimum absolute atomic E-state index is 0.180. The van der Waals surface area contributed by atoms with Crippen LogP contribution in [-0.2, 0) is 4.79 Å². The Morgan fingerprint density at radius 3 is 2.68 bits per heavy atom. The number of aromatic nitrogens is 2. The first-order valence-electron chi connectivity index (χ1n) is 6.22. The van der Waals surface area contributed by atoms with Crippen molar-refractivity contribution in [1.29, 1.82) is 0 Å². The van der Waals surface area contributed by atoms with Gasteiger partial charge in [-0.05, 0) is 13.8 Å². The van der Waals surface area contributed by atoms with Crippen molar-refractivity contribution >= 4 is 12.0 Å². The van der Waals surface area contributed by atoms with Crippen molar-refractivity contribution in [3.63, 3.8) is 0 Å². The maximum atomic E-state index is 12.0. The van der Waals surface area contributed by atoms with Crippen LogP contribution in [0.15, 0.2) is 12.4 Å². The van der Waals surface area contributed by atoms with Crippen molar-refractivity contribution in [3.8, 4) is 0 Å². The van der Waals surface area contributed by atoms with Crippen LogP contribution in [0, 0.1) is 5.92 Å². The molecule has 7 nitrogen and oxygen atoms in total. The summed E-state index contributed by atoms with van der Waals surface area (Å²) in [5, 5.41) is 18.2. The van der Waals surface area contributed by atoms with Gasteiger partial charge in [0, 0.05) is 24.8 Å². The third-order valence-corrected chi connectivity index (χ3v) is 2.94. The monoisotopic (exact) mass is 268 g/mol. The summed E-state index contributed by atoms with van der Waals surface area (Å²) in [6.07, 6.45) is 3.35. The molecule has 0 saturated carbocycles. The molecule has 0 fully saturated rings. The summed E-state index contributed by atoms with van der Waals surface area (Å²) in [7, 11) is 0. The fourth-order valence-corrected chi connectivity index (χ4v) is 1.62. The molecule has 0 aliphatic rings. The van der Waals surface area contributed by atoms with Crippen LogP contribution in [0.25, 0.3) is 0 Å². The summed E-state index contributed by atoms with van der Waals surface area (Å²) in [6.45, 7) is 5.89. The van der Waals surface area contributed by atoms with Crippen LogP contribution < -0.4 is 5.32 Å². The number of H-pyrrole nitrogens is 1. The van der Waals surface area contributed by atoms with Crippen LogP contribution in [0.4, 0.5) is 4.79 Å². The van der Waals surface area contributed by atoms with E-state index in [1.807, 2.05) is 13.8 Å². The van der Waals surface area contributed by atoms with E-state index in [1.54, 1.807) is 19.3 Å². The molecular formula is C12H20N4O3. The number of urea groups is 1. The largest absolute Gasteiger partial charge is 0.481 e. The summed E-state index contributed by atoms with van der Waals surface area (Å²) in [5.74, 6) is -1.50. The van der Waals surface area contributed by atoms with Gasteiger partial charge < -0.3 is 15.3 Å². The number of carboxylic acid groups (broad SMARTS) is 1. The van der Waals surface area contributed by atoms with Crippen molar-refractivity contribution in [2.75, 3.05) is 13.1 Å². The lowest BCUT2D eigenvalue weighted by atomic mass is 10.1. The van der Waals surface area contributed by atoms with Gasteiger partial charge in [-0.2, -0.15) is 5.10 Å². The summed E-state index contributed by atoms with van der Waals surface area (Å²) >= 11 is 0. The van der Waals surface area contributed by atoms with Gasteiger partial charge in [0.2, 0.25) is 0 Å². The van der Waals surface area contributed by atoms with Crippen LogP contribution >= 0.6 is 0 Å². The molecule has 19 heavy (non-hydrogen) atoms. The molecule has 2 unspecified atom stereocenters. The second-order valence-electron chi connectivity index (χ2n) is 4.48. The number of rotatable bonds is 6. The number of aliphatic carboxylic acids is 1. The highest BCUT2D eigenvalue weighted by atomic mass is 16.4. The average Bonchev–Trinajstić information content (AvgIpc) is 2.88. The molecule has 0 aromatic carbocycles. The Balaban J connectivity index is 2.56. The Morgan fingerprint density at radius 1 is 1.53 bits per heavy atom. The van der Waals surface area contributed by atoms with Gasteiger partial charge in [0.15, 0.2) is 0 Å². The molecule has 2 atom stereocenters. The average molecular weight is 268 g/mol. The first-order chi connectivity index (χ1) is 8.95. The third kappa shape index (κ3) is 4.27. The van der Waals surface area contributed by atoms with Crippen LogP contribution in [-0.4, -0.2) is 45.3 Å². The lowest BCUT2D eigenvalue weighted by molar-refractivity contribution is -0.141. The number of aromatic amines is 1. The molecule has 1 rings (SSSR count). The van der Waals surface area contributed by atoms with E-state index in [2.05, 4.69) is 15.5 Å². The minimum atomic E-state index is -0.908. The number of carboxylic acids is 1. The van der Waals surface area contributed by atoms with E-state index in [0.29, 0.717) is 6.54 Å². The molecule has 0 aliphatic carbocycles. The first kappa shape index (κ1) is 15.0. The number of carbonyl (C=O) groups is 2. The van der Waals surface area contributed by atoms with E-state index in [-0.39, 0.29) is 18.6 Å². The Bertz CT molecular complexity index is 419. The van der Waals surface area contributed by atoms with Crippen LogP contribution in [0.3, 0.4) is 0 Å². The lowest BCUT2D eigenvalue weighted by Crippen LogP contribution is -2.43. The van der Waals surface area contributed by atoms with Crippen LogP contribution in [0.5, 0.6) is 0 Å². The highest BCUT2D eigenvalue weighted by Gasteiger charge is 2.20. The number of nitrogens with one attached hydrogen (secondary N) is 2. The molecule has 0 spiro atoms. The van der Waals surface area contributed by atoms with Gasteiger partial charge in [-0.3, -0.25) is 9.89 Å². The van der Waals surface area contributed by atoms with Crippen LogP contribution in [0.1, 0.15) is 32.4 Å². The number of hydrogen-bond donors (Lipinski definition) is 3. The second-order valence-corrected chi connectivity index (χ2v) is 4.48. The number of nitrogens with zero attached hydrogens (tertiary/aromatic N) is 2. The maximum absolute atomic E-state index is 12.0. The van der Waals surface area contributed by atoms with Gasteiger partial charge >= 0.3 is 12.0 Å². The molecule has 2 amide bonds. The molecule has 0 saturated heterocycles. The summed E-state index contributed by atoms with van der Waals surface area (Å²) in [5.41, 5.74) is 0.871. The molecule has 0 aliphatic heterocycles. The first-order valence-corrected chi connectivity index (χ1v) is 6.22. The normalized spacial score (nSPS) is 13.6.